The number of nitrogens with one attached hydrogen (secondary N) is 2. The number of piperazine rings is 1. The van der Waals surface area contributed by atoms with Crippen LogP contribution in [0.2, 0.25) is 0 Å². The van der Waals surface area contributed by atoms with Gasteiger partial charge < -0.3 is 5.32 Å². The van der Waals surface area contributed by atoms with E-state index in [0.717, 1.165) is 5.56 Å². The lowest BCUT2D eigenvalue weighted by molar-refractivity contribution is -0.122. The first-order valence-electron chi connectivity index (χ1n) is 7.64. The van der Waals surface area contributed by atoms with Gasteiger partial charge in [0.1, 0.15) is 0 Å². The molecule has 0 unspecified atom stereocenters. The lowest BCUT2D eigenvalue weighted by Gasteiger charge is -2.33. The van der Waals surface area contributed by atoms with Gasteiger partial charge in [-0.15, -0.1) is 0 Å². The standard InChI is InChI=1S/C15H24N4O3S/c1-13-4-3-5-14(10-13)11-17-15(20)12-18-6-8-19(9-7-18)23(21,22)16-2/h3-5,10,16H,6-9,11-12H2,1-2H3,(H,17,20). The first kappa shape index (κ1) is 17.9. The van der Waals surface area contributed by atoms with Crippen LogP contribution in [0.1, 0.15) is 11.1 Å². The van der Waals surface area contributed by atoms with Gasteiger partial charge in [0.25, 0.3) is 10.2 Å². The van der Waals surface area contributed by atoms with Gasteiger partial charge in [-0.1, -0.05) is 29.8 Å². The van der Waals surface area contributed by atoms with Crippen molar-refractivity contribution in [2.24, 2.45) is 0 Å². The van der Waals surface area contributed by atoms with E-state index in [2.05, 4.69) is 10.0 Å². The molecule has 2 N–H and O–H groups in total. The molecule has 1 aromatic carbocycles. The molecule has 0 bridgehead atoms. The van der Waals surface area contributed by atoms with Crippen LogP contribution < -0.4 is 10.0 Å². The van der Waals surface area contributed by atoms with E-state index in [9.17, 15) is 13.2 Å². The van der Waals surface area contributed by atoms with E-state index in [1.165, 1.54) is 16.9 Å². The van der Waals surface area contributed by atoms with Crippen LogP contribution in [0.25, 0.3) is 0 Å². The van der Waals surface area contributed by atoms with E-state index in [-0.39, 0.29) is 5.91 Å². The Morgan fingerprint density at radius 3 is 2.52 bits per heavy atom. The minimum absolute atomic E-state index is 0.0450. The first-order chi connectivity index (χ1) is 10.9. The van der Waals surface area contributed by atoms with Gasteiger partial charge in [0.2, 0.25) is 5.91 Å². The Morgan fingerprint density at radius 2 is 1.91 bits per heavy atom. The van der Waals surface area contributed by atoms with Crippen LogP contribution in [0.5, 0.6) is 0 Å². The van der Waals surface area contributed by atoms with E-state index in [1.807, 2.05) is 36.1 Å². The lowest BCUT2D eigenvalue weighted by atomic mass is 10.1. The minimum Gasteiger partial charge on any atom is -0.351 e. The average molecular weight is 340 g/mol. The van der Waals surface area contributed by atoms with Crippen molar-refractivity contribution >= 4 is 16.1 Å². The topological polar surface area (TPSA) is 81.8 Å². The van der Waals surface area contributed by atoms with Crippen molar-refractivity contribution in [2.75, 3.05) is 39.8 Å². The van der Waals surface area contributed by atoms with Gasteiger partial charge in [-0.3, -0.25) is 9.69 Å². The monoisotopic (exact) mass is 340 g/mol. The summed E-state index contributed by atoms with van der Waals surface area (Å²) in [6.07, 6.45) is 0. The summed E-state index contributed by atoms with van der Waals surface area (Å²) in [7, 11) is -1.96. The zero-order valence-corrected chi connectivity index (χ0v) is 14.4. The molecule has 0 spiro atoms. The fourth-order valence-electron chi connectivity index (χ4n) is 2.54. The lowest BCUT2D eigenvalue weighted by Crippen LogP contribution is -2.53. The second-order valence-corrected chi connectivity index (χ2v) is 7.52. The van der Waals surface area contributed by atoms with Crippen molar-refractivity contribution in [1.82, 2.24) is 19.2 Å². The second-order valence-electron chi connectivity index (χ2n) is 5.65. The Balaban J connectivity index is 1.75. The van der Waals surface area contributed by atoms with Gasteiger partial charge in [0, 0.05) is 39.8 Å². The summed E-state index contributed by atoms with van der Waals surface area (Å²) in [6, 6.07) is 8.01. The van der Waals surface area contributed by atoms with Crippen molar-refractivity contribution < 1.29 is 13.2 Å². The molecule has 23 heavy (non-hydrogen) atoms. The summed E-state index contributed by atoms with van der Waals surface area (Å²) in [5, 5.41) is 2.90. The summed E-state index contributed by atoms with van der Waals surface area (Å²) in [4.78, 5) is 14.0. The summed E-state index contributed by atoms with van der Waals surface area (Å²) in [6.45, 7) is 4.72. The molecule has 2 rings (SSSR count). The fourth-order valence-corrected chi connectivity index (χ4v) is 3.44. The number of carbonyl (C=O) groups excluding carboxylic acids is 1. The Labute approximate surface area is 137 Å². The van der Waals surface area contributed by atoms with E-state index in [0.29, 0.717) is 39.3 Å². The van der Waals surface area contributed by atoms with Gasteiger partial charge in [-0.25, -0.2) is 4.72 Å². The Kier molecular flexibility index (Phi) is 6.11. The number of hydrogen-bond donors (Lipinski definition) is 2. The van der Waals surface area contributed by atoms with Crippen molar-refractivity contribution in [1.29, 1.82) is 0 Å². The molecular formula is C15H24N4O3S. The SMILES string of the molecule is CNS(=O)(=O)N1CCN(CC(=O)NCc2cccc(C)c2)CC1. The zero-order valence-electron chi connectivity index (χ0n) is 13.6. The molecule has 1 heterocycles. The third-order valence-corrected chi connectivity index (χ3v) is 5.43. The van der Waals surface area contributed by atoms with Crippen molar-refractivity contribution in [2.45, 2.75) is 13.5 Å². The molecule has 1 fully saturated rings. The molecule has 1 aliphatic heterocycles. The summed E-state index contributed by atoms with van der Waals surface area (Å²) < 4.78 is 27.1. The highest BCUT2D eigenvalue weighted by molar-refractivity contribution is 7.87. The molecule has 1 aromatic rings. The van der Waals surface area contributed by atoms with E-state index < -0.39 is 10.2 Å². The highest BCUT2D eigenvalue weighted by atomic mass is 32.2. The van der Waals surface area contributed by atoms with Crippen LogP contribution in [0.4, 0.5) is 0 Å². The van der Waals surface area contributed by atoms with Crippen LogP contribution in [0.3, 0.4) is 0 Å². The molecule has 0 atom stereocenters. The average Bonchev–Trinajstić information content (AvgIpc) is 2.53. The summed E-state index contributed by atoms with van der Waals surface area (Å²) in [5.41, 5.74) is 2.24. The number of rotatable bonds is 6. The highest BCUT2D eigenvalue weighted by Crippen LogP contribution is 2.06. The number of aryl methyl sites for hydroxylation is 1. The fraction of sp³-hybridized carbons (Fsp3) is 0.533. The van der Waals surface area contributed by atoms with E-state index in [4.69, 9.17) is 0 Å². The maximum absolute atomic E-state index is 12.0. The quantitative estimate of drug-likeness (QED) is 0.744. The number of nitrogens with zero attached hydrogens (tertiary/aromatic N) is 2. The summed E-state index contributed by atoms with van der Waals surface area (Å²) in [5.74, 6) is -0.0450. The molecular weight excluding hydrogens is 316 g/mol. The number of hydrogen-bond acceptors (Lipinski definition) is 4. The van der Waals surface area contributed by atoms with Crippen molar-refractivity contribution in [3.63, 3.8) is 0 Å². The van der Waals surface area contributed by atoms with Crippen LogP contribution in [0, 0.1) is 6.92 Å². The number of carbonyl (C=O) groups is 1. The molecule has 0 saturated carbocycles. The first-order valence-corrected chi connectivity index (χ1v) is 9.08. The predicted molar refractivity (Wildman–Crippen MR) is 89.0 cm³/mol. The molecule has 0 aromatic heterocycles. The number of benzene rings is 1. The Bertz CT molecular complexity index is 640. The molecule has 0 aliphatic carbocycles. The molecule has 1 amide bonds. The van der Waals surface area contributed by atoms with Gasteiger partial charge >= 0.3 is 0 Å². The largest absolute Gasteiger partial charge is 0.351 e. The highest BCUT2D eigenvalue weighted by Gasteiger charge is 2.26. The van der Waals surface area contributed by atoms with Gasteiger partial charge in [0.15, 0.2) is 0 Å². The normalized spacial score (nSPS) is 17.1. The minimum atomic E-state index is -3.37. The third kappa shape index (κ3) is 5.28. The Hall–Kier alpha value is -1.48. The molecule has 0 radical (unpaired) electrons. The van der Waals surface area contributed by atoms with E-state index in [1.54, 1.807) is 0 Å². The van der Waals surface area contributed by atoms with Crippen molar-refractivity contribution in [3.05, 3.63) is 35.4 Å². The maximum atomic E-state index is 12.0. The molecule has 1 aliphatic rings. The second kappa shape index (κ2) is 7.87. The van der Waals surface area contributed by atoms with Crippen LogP contribution in [-0.2, 0) is 21.5 Å². The van der Waals surface area contributed by atoms with Crippen LogP contribution in [0.15, 0.2) is 24.3 Å². The van der Waals surface area contributed by atoms with Crippen LogP contribution >= 0.6 is 0 Å². The van der Waals surface area contributed by atoms with Gasteiger partial charge in [0.05, 0.1) is 6.54 Å². The van der Waals surface area contributed by atoms with Gasteiger partial charge in [-0.05, 0) is 12.5 Å². The number of amides is 1. The zero-order chi connectivity index (χ0) is 16.9. The molecule has 7 nitrogen and oxygen atoms in total. The van der Waals surface area contributed by atoms with Gasteiger partial charge in [-0.2, -0.15) is 12.7 Å². The smallest absolute Gasteiger partial charge is 0.279 e. The molecule has 1 saturated heterocycles. The summed E-state index contributed by atoms with van der Waals surface area (Å²) >= 11 is 0. The Morgan fingerprint density at radius 1 is 1.22 bits per heavy atom. The predicted octanol–water partition coefficient (Wildman–Crippen LogP) is -0.307. The van der Waals surface area contributed by atoms with Crippen molar-refractivity contribution in [3.8, 4) is 0 Å². The van der Waals surface area contributed by atoms with E-state index >= 15 is 0 Å². The molecule has 8 heteroatoms. The third-order valence-electron chi connectivity index (χ3n) is 3.87. The molecule has 128 valence electrons. The van der Waals surface area contributed by atoms with Crippen LogP contribution in [-0.4, -0.2) is 63.3 Å². The maximum Gasteiger partial charge on any atom is 0.279 e.